The Bertz CT molecular complexity index is 534. The van der Waals surface area contributed by atoms with Gasteiger partial charge in [-0.15, -0.1) is 0 Å². The summed E-state index contributed by atoms with van der Waals surface area (Å²) in [5, 5.41) is 0.548. The normalized spacial score (nSPS) is 25.8. The summed E-state index contributed by atoms with van der Waals surface area (Å²) in [7, 11) is 0. The summed E-state index contributed by atoms with van der Waals surface area (Å²) in [5.74, 6) is 1.04. The van der Waals surface area contributed by atoms with Crippen LogP contribution in [0.25, 0.3) is 0 Å². The van der Waals surface area contributed by atoms with Crippen LogP contribution in [0.3, 0.4) is 0 Å². The third-order valence-corrected chi connectivity index (χ3v) is 5.79. The second-order valence-electron chi connectivity index (χ2n) is 6.23. The number of fused-ring (bicyclic) bond motifs is 1. The van der Waals surface area contributed by atoms with Gasteiger partial charge in [-0.3, -0.25) is 9.69 Å². The van der Waals surface area contributed by atoms with Gasteiger partial charge in [0.2, 0.25) is 0 Å². The third-order valence-electron chi connectivity index (χ3n) is 4.98. The van der Waals surface area contributed by atoms with Crippen LogP contribution in [0.5, 0.6) is 0 Å². The Morgan fingerprint density at radius 2 is 2.10 bits per heavy atom. The highest BCUT2D eigenvalue weighted by Crippen LogP contribution is 2.36. The van der Waals surface area contributed by atoms with Gasteiger partial charge in [0.05, 0.1) is 5.02 Å². The molecule has 0 aromatic heterocycles. The van der Waals surface area contributed by atoms with Gasteiger partial charge in [0, 0.05) is 29.0 Å². The first-order valence-electron chi connectivity index (χ1n) is 7.87. The molecule has 21 heavy (non-hydrogen) atoms. The molecule has 1 saturated heterocycles. The van der Waals surface area contributed by atoms with Gasteiger partial charge in [0.25, 0.3) is 0 Å². The van der Waals surface area contributed by atoms with Gasteiger partial charge in [-0.05, 0) is 49.9 Å². The molecule has 2 nitrogen and oxygen atoms in total. The highest BCUT2D eigenvalue weighted by molar-refractivity contribution is 9.10. The van der Waals surface area contributed by atoms with Crippen molar-refractivity contribution in [1.82, 2.24) is 4.90 Å². The minimum absolute atomic E-state index is 0.159. The van der Waals surface area contributed by atoms with Gasteiger partial charge < -0.3 is 0 Å². The Balaban J connectivity index is 1.58. The molecule has 1 aromatic rings. The van der Waals surface area contributed by atoms with Crippen molar-refractivity contribution in [2.75, 3.05) is 13.1 Å². The predicted molar refractivity (Wildman–Crippen MR) is 90.0 cm³/mol. The van der Waals surface area contributed by atoms with Crippen LogP contribution in [-0.4, -0.2) is 29.8 Å². The minimum atomic E-state index is 0.159. The zero-order valence-corrected chi connectivity index (χ0v) is 14.5. The number of hydrogen-bond donors (Lipinski definition) is 0. The van der Waals surface area contributed by atoms with E-state index < -0.39 is 0 Å². The Morgan fingerprint density at radius 3 is 2.90 bits per heavy atom. The van der Waals surface area contributed by atoms with E-state index in [4.69, 9.17) is 11.6 Å². The minimum Gasteiger partial charge on any atom is -0.300 e. The topological polar surface area (TPSA) is 20.3 Å². The zero-order valence-electron chi connectivity index (χ0n) is 12.2. The number of carbonyl (C=O) groups excluding carboxylic acids is 1. The predicted octanol–water partition coefficient (Wildman–Crippen LogP) is 4.94. The van der Waals surface area contributed by atoms with Gasteiger partial charge >= 0.3 is 0 Å². The first-order chi connectivity index (χ1) is 10.1. The van der Waals surface area contributed by atoms with Crippen molar-refractivity contribution >= 4 is 33.3 Å². The number of hydrogen-bond acceptors (Lipinski definition) is 2. The summed E-state index contributed by atoms with van der Waals surface area (Å²) in [4.78, 5) is 14.9. The van der Waals surface area contributed by atoms with E-state index in [2.05, 4.69) is 20.8 Å². The molecule has 1 aromatic carbocycles. The zero-order chi connectivity index (χ0) is 14.8. The lowest BCUT2D eigenvalue weighted by Gasteiger charge is -2.31. The summed E-state index contributed by atoms with van der Waals surface area (Å²) in [5.41, 5.74) is 0.652. The van der Waals surface area contributed by atoms with E-state index in [-0.39, 0.29) is 5.78 Å². The maximum absolute atomic E-state index is 12.4. The second-order valence-corrected chi connectivity index (χ2v) is 7.56. The fourth-order valence-electron chi connectivity index (χ4n) is 3.88. The van der Waals surface area contributed by atoms with E-state index in [1.165, 1.54) is 32.1 Å². The van der Waals surface area contributed by atoms with Crippen molar-refractivity contribution < 1.29 is 4.79 Å². The smallest absolute Gasteiger partial charge is 0.165 e. The first kappa shape index (κ1) is 15.5. The third kappa shape index (κ3) is 3.52. The standard InChI is InChI=1S/C17H21BrClNO/c18-13-5-6-14(15(19)11-13)17(21)8-10-20-9-7-12-3-1-2-4-16(12)20/h5-6,11-12,16H,1-4,7-10H2. The Morgan fingerprint density at radius 1 is 1.29 bits per heavy atom. The summed E-state index contributed by atoms with van der Waals surface area (Å²) in [6, 6.07) is 6.22. The van der Waals surface area contributed by atoms with Crippen molar-refractivity contribution in [3.63, 3.8) is 0 Å². The fraction of sp³-hybridized carbons (Fsp3) is 0.588. The number of carbonyl (C=O) groups is 1. The number of nitrogens with zero attached hydrogens (tertiary/aromatic N) is 1. The van der Waals surface area contributed by atoms with Crippen LogP contribution < -0.4 is 0 Å². The average molecular weight is 371 g/mol. The molecule has 0 radical (unpaired) electrons. The Kier molecular flexibility index (Phi) is 5.03. The molecular weight excluding hydrogens is 350 g/mol. The van der Waals surface area contributed by atoms with E-state index in [0.29, 0.717) is 17.0 Å². The van der Waals surface area contributed by atoms with Gasteiger partial charge in [0.1, 0.15) is 0 Å². The maximum Gasteiger partial charge on any atom is 0.165 e. The summed E-state index contributed by atoms with van der Waals surface area (Å²) < 4.78 is 0.911. The van der Waals surface area contributed by atoms with Crippen LogP contribution in [0.1, 0.15) is 48.9 Å². The summed E-state index contributed by atoms with van der Waals surface area (Å²) in [6.45, 7) is 2.04. The lowest BCUT2D eigenvalue weighted by Crippen LogP contribution is -2.36. The quantitative estimate of drug-likeness (QED) is 0.700. The lowest BCUT2D eigenvalue weighted by molar-refractivity contribution is 0.0951. The molecule has 2 unspecified atom stereocenters. The van der Waals surface area contributed by atoms with E-state index in [9.17, 15) is 4.79 Å². The molecule has 3 rings (SSSR count). The summed E-state index contributed by atoms with van der Waals surface area (Å²) >= 11 is 9.54. The second kappa shape index (κ2) is 6.80. The molecule has 2 atom stereocenters. The monoisotopic (exact) mass is 369 g/mol. The Labute approximate surface area is 140 Å². The first-order valence-corrected chi connectivity index (χ1v) is 9.04. The number of halogens is 2. The van der Waals surface area contributed by atoms with Crippen molar-refractivity contribution in [2.24, 2.45) is 5.92 Å². The van der Waals surface area contributed by atoms with Crippen LogP contribution >= 0.6 is 27.5 Å². The molecule has 114 valence electrons. The van der Waals surface area contributed by atoms with Gasteiger partial charge in [-0.1, -0.05) is 40.4 Å². The molecule has 2 fully saturated rings. The van der Waals surface area contributed by atoms with Crippen LogP contribution in [0.2, 0.25) is 5.02 Å². The van der Waals surface area contributed by atoms with E-state index in [0.717, 1.165) is 29.5 Å². The van der Waals surface area contributed by atoms with Crippen molar-refractivity contribution in [3.8, 4) is 0 Å². The van der Waals surface area contributed by atoms with Crippen LogP contribution in [0.15, 0.2) is 22.7 Å². The van der Waals surface area contributed by atoms with Crippen LogP contribution in [-0.2, 0) is 0 Å². The molecule has 1 aliphatic heterocycles. The van der Waals surface area contributed by atoms with E-state index in [1.807, 2.05) is 12.1 Å². The number of ketones is 1. The fourth-order valence-corrected chi connectivity index (χ4v) is 4.65. The van der Waals surface area contributed by atoms with Gasteiger partial charge in [0.15, 0.2) is 5.78 Å². The molecule has 0 spiro atoms. The molecule has 0 N–H and O–H groups in total. The molecule has 1 heterocycles. The molecule has 0 amide bonds. The highest BCUT2D eigenvalue weighted by atomic mass is 79.9. The van der Waals surface area contributed by atoms with Crippen molar-refractivity contribution in [2.45, 2.75) is 44.6 Å². The number of likely N-dealkylation sites (tertiary alicyclic amines) is 1. The SMILES string of the molecule is O=C(CCN1CCC2CCCCC21)c1ccc(Br)cc1Cl. The maximum atomic E-state index is 12.4. The van der Waals surface area contributed by atoms with Gasteiger partial charge in [-0.25, -0.2) is 0 Å². The highest BCUT2D eigenvalue weighted by Gasteiger charge is 2.35. The van der Waals surface area contributed by atoms with E-state index in [1.54, 1.807) is 6.07 Å². The molecule has 0 bridgehead atoms. The molecule has 1 aliphatic carbocycles. The van der Waals surface area contributed by atoms with E-state index >= 15 is 0 Å². The molecule has 2 aliphatic rings. The number of rotatable bonds is 4. The summed E-state index contributed by atoms with van der Waals surface area (Å²) in [6.07, 6.45) is 7.33. The molecular formula is C17H21BrClNO. The van der Waals surface area contributed by atoms with Crippen LogP contribution in [0, 0.1) is 5.92 Å². The number of Topliss-reactive ketones (excluding diaryl/α,β-unsaturated/α-hetero) is 1. The van der Waals surface area contributed by atoms with Crippen LogP contribution in [0.4, 0.5) is 0 Å². The largest absolute Gasteiger partial charge is 0.300 e. The average Bonchev–Trinajstić information content (AvgIpc) is 2.88. The molecule has 4 heteroatoms. The lowest BCUT2D eigenvalue weighted by atomic mass is 9.85. The Hall–Kier alpha value is -0.380. The van der Waals surface area contributed by atoms with Gasteiger partial charge in [-0.2, -0.15) is 0 Å². The number of benzene rings is 1. The molecule has 1 saturated carbocycles. The van der Waals surface area contributed by atoms with Crippen molar-refractivity contribution in [1.29, 1.82) is 0 Å². The van der Waals surface area contributed by atoms with Crippen molar-refractivity contribution in [3.05, 3.63) is 33.3 Å².